The number of nitro benzene ring substituents is 1. The van der Waals surface area contributed by atoms with Gasteiger partial charge in [0.15, 0.2) is 0 Å². The number of rotatable bonds is 5. The Kier molecular flexibility index (Phi) is 6.16. The highest BCUT2D eigenvalue weighted by Gasteiger charge is 2.10. The quantitative estimate of drug-likeness (QED) is 0.482. The van der Waals surface area contributed by atoms with Crippen LogP contribution in [0.5, 0.6) is 0 Å². The highest BCUT2D eigenvalue weighted by Crippen LogP contribution is 2.19. The third-order valence-electron chi connectivity index (χ3n) is 2.84. The molecular weight excluding hydrogens is 354 g/mol. The van der Waals surface area contributed by atoms with Gasteiger partial charge in [0.25, 0.3) is 11.6 Å². The van der Waals surface area contributed by atoms with Crippen LogP contribution in [0.2, 0.25) is 5.02 Å². The van der Waals surface area contributed by atoms with Crippen LogP contribution in [0.15, 0.2) is 53.4 Å². The lowest BCUT2D eigenvalue weighted by Gasteiger charge is -2.07. The zero-order valence-electron chi connectivity index (χ0n) is 12.2. The third-order valence-corrected chi connectivity index (χ3v) is 4.10. The molecule has 0 radical (unpaired) electrons. The Morgan fingerprint density at radius 1 is 1.04 bits per heavy atom. The number of amides is 2. The van der Waals surface area contributed by atoms with Crippen LogP contribution in [0.4, 0.5) is 5.69 Å². The molecule has 124 valence electrons. The summed E-state index contributed by atoms with van der Waals surface area (Å²) in [5.41, 5.74) is 4.62. The summed E-state index contributed by atoms with van der Waals surface area (Å²) in [5, 5.41) is 11.2. The maximum absolute atomic E-state index is 11.8. The van der Waals surface area contributed by atoms with Gasteiger partial charge in [0, 0.05) is 27.6 Å². The Labute approximate surface area is 146 Å². The topological polar surface area (TPSA) is 101 Å². The van der Waals surface area contributed by atoms with Crippen LogP contribution >= 0.6 is 23.4 Å². The van der Waals surface area contributed by atoms with E-state index in [-0.39, 0.29) is 22.9 Å². The van der Waals surface area contributed by atoms with Gasteiger partial charge in [0.2, 0.25) is 5.91 Å². The summed E-state index contributed by atoms with van der Waals surface area (Å²) in [7, 11) is 0. The fourth-order valence-electron chi connectivity index (χ4n) is 1.65. The first-order chi connectivity index (χ1) is 11.5. The van der Waals surface area contributed by atoms with Gasteiger partial charge in [0.1, 0.15) is 0 Å². The summed E-state index contributed by atoms with van der Waals surface area (Å²) < 4.78 is 0. The molecule has 0 aromatic heterocycles. The average Bonchev–Trinajstić information content (AvgIpc) is 2.59. The van der Waals surface area contributed by atoms with Crippen molar-refractivity contribution < 1.29 is 14.5 Å². The van der Waals surface area contributed by atoms with Crippen LogP contribution in [0.3, 0.4) is 0 Å². The molecule has 0 aliphatic heterocycles. The van der Waals surface area contributed by atoms with Crippen molar-refractivity contribution in [2.24, 2.45) is 0 Å². The molecule has 0 saturated heterocycles. The minimum atomic E-state index is -0.560. The largest absolute Gasteiger partial charge is 0.272 e. The van der Waals surface area contributed by atoms with E-state index in [2.05, 4.69) is 10.9 Å². The summed E-state index contributed by atoms with van der Waals surface area (Å²) in [6.07, 6.45) is 0. The summed E-state index contributed by atoms with van der Waals surface area (Å²) in [4.78, 5) is 34.4. The Morgan fingerprint density at radius 3 is 2.25 bits per heavy atom. The van der Waals surface area contributed by atoms with Gasteiger partial charge in [-0.25, -0.2) is 0 Å². The molecule has 0 unspecified atom stereocenters. The fraction of sp³-hybridized carbons (Fsp3) is 0.0667. The fourth-order valence-corrected chi connectivity index (χ4v) is 2.47. The summed E-state index contributed by atoms with van der Waals surface area (Å²) in [6, 6.07) is 12.1. The second kappa shape index (κ2) is 8.32. The Balaban J connectivity index is 1.79. The van der Waals surface area contributed by atoms with Crippen LogP contribution in [-0.2, 0) is 4.79 Å². The lowest BCUT2D eigenvalue weighted by molar-refractivity contribution is -0.384. The van der Waals surface area contributed by atoms with E-state index in [0.29, 0.717) is 5.02 Å². The number of carbonyl (C=O) groups is 2. The molecule has 24 heavy (non-hydrogen) atoms. The number of benzene rings is 2. The summed E-state index contributed by atoms with van der Waals surface area (Å²) in [6.45, 7) is 0. The summed E-state index contributed by atoms with van der Waals surface area (Å²) >= 11 is 7.06. The van der Waals surface area contributed by atoms with Crippen LogP contribution in [0, 0.1) is 10.1 Å². The molecule has 0 fully saturated rings. The van der Waals surface area contributed by atoms with Crippen molar-refractivity contribution in [3.05, 3.63) is 69.2 Å². The Bertz CT molecular complexity index is 750. The molecule has 2 aromatic rings. The van der Waals surface area contributed by atoms with E-state index in [0.717, 1.165) is 4.90 Å². The molecule has 2 N–H and O–H groups in total. The van der Waals surface area contributed by atoms with Gasteiger partial charge in [-0.2, -0.15) is 0 Å². The number of nitrogens with zero attached hydrogens (tertiary/aromatic N) is 1. The van der Waals surface area contributed by atoms with Crippen molar-refractivity contribution in [3.63, 3.8) is 0 Å². The van der Waals surface area contributed by atoms with Crippen molar-refractivity contribution >= 4 is 40.9 Å². The number of hydrogen-bond donors (Lipinski definition) is 2. The second-order valence-electron chi connectivity index (χ2n) is 4.55. The molecule has 0 bridgehead atoms. The van der Waals surface area contributed by atoms with E-state index < -0.39 is 10.8 Å². The highest BCUT2D eigenvalue weighted by molar-refractivity contribution is 8.00. The average molecular weight is 366 g/mol. The van der Waals surface area contributed by atoms with Crippen molar-refractivity contribution in [3.8, 4) is 0 Å². The smallest absolute Gasteiger partial charge is 0.269 e. The van der Waals surface area contributed by atoms with Crippen LogP contribution in [0.1, 0.15) is 10.4 Å². The first kappa shape index (κ1) is 17.8. The maximum Gasteiger partial charge on any atom is 0.269 e. The molecule has 0 aliphatic rings. The minimum absolute atomic E-state index is 0.113. The van der Waals surface area contributed by atoms with Crippen LogP contribution in [-0.4, -0.2) is 22.5 Å². The van der Waals surface area contributed by atoms with Crippen LogP contribution < -0.4 is 10.9 Å². The first-order valence-corrected chi connectivity index (χ1v) is 8.04. The van der Waals surface area contributed by atoms with Crippen molar-refractivity contribution in [2.45, 2.75) is 4.90 Å². The zero-order chi connectivity index (χ0) is 17.5. The van der Waals surface area contributed by atoms with Gasteiger partial charge >= 0.3 is 0 Å². The number of nitro groups is 1. The SMILES string of the molecule is O=C(CSc1ccc(Cl)cc1)NNC(=O)c1ccc([N+](=O)[O-])cc1. The van der Waals surface area contributed by atoms with Crippen molar-refractivity contribution in [2.75, 3.05) is 5.75 Å². The number of thioether (sulfide) groups is 1. The first-order valence-electron chi connectivity index (χ1n) is 6.68. The van der Waals surface area contributed by atoms with E-state index in [1.165, 1.54) is 36.0 Å². The highest BCUT2D eigenvalue weighted by atomic mass is 35.5. The Morgan fingerprint density at radius 2 is 1.67 bits per heavy atom. The van der Waals surface area contributed by atoms with E-state index >= 15 is 0 Å². The zero-order valence-corrected chi connectivity index (χ0v) is 13.8. The van der Waals surface area contributed by atoms with Gasteiger partial charge in [-0.3, -0.25) is 30.6 Å². The van der Waals surface area contributed by atoms with Gasteiger partial charge in [0.05, 0.1) is 10.7 Å². The van der Waals surface area contributed by atoms with Gasteiger partial charge < -0.3 is 0 Å². The van der Waals surface area contributed by atoms with Gasteiger partial charge in [-0.15, -0.1) is 11.8 Å². The summed E-state index contributed by atoms with van der Waals surface area (Å²) in [5.74, 6) is -0.831. The number of halogens is 1. The van der Waals surface area contributed by atoms with E-state index in [1.807, 2.05) is 0 Å². The normalized spacial score (nSPS) is 10.0. The number of carbonyl (C=O) groups excluding carboxylic acids is 2. The molecule has 0 aliphatic carbocycles. The molecule has 9 heteroatoms. The number of hydrogen-bond acceptors (Lipinski definition) is 5. The van der Waals surface area contributed by atoms with Crippen molar-refractivity contribution in [1.82, 2.24) is 10.9 Å². The molecule has 2 amide bonds. The maximum atomic E-state index is 11.8. The lowest BCUT2D eigenvalue weighted by Crippen LogP contribution is -2.42. The number of hydrazine groups is 1. The number of non-ortho nitro benzene ring substituents is 1. The molecular formula is C15H12ClN3O4S. The van der Waals surface area contributed by atoms with Crippen LogP contribution in [0.25, 0.3) is 0 Å². The molecule has 0 saturated carbocycles. The van der Waals surface area contributed by atoms with E-state index in [9.17, 15) is 19.7 Å². The molecule has 7 nitrogen and oxygen atoms in total. The second-order valence-corrected chi connectivity index (χ2v) is 6.03. The molecule has 2 rings (SSSR count). The van der Waals surface area contributed by atoms with Crippen molar-refractivity contribution in [1.29, 1.82) is 0 Å². The van der Waals surface area contributed by atoms with Gasteiger partial charge in [-0.1, -0.05) is 11.6 Å². The van der Waals surface area contributed by atoms with E-state index in [1.54, 1.807) is 24.3 Å². The number of nitrogens with one attached hydrogen (secondary N) is 2. The monoisotopic (exact) mass is 365 g/mol. The molecule has 0 heterocycles. The third kappa shape index (κ3) is 5.25. The molecule has 2 aromatic carbocycles. The van der Waals surface area contributed by atoms with Gasteiger partial charge in [-0.05, 0) is 36.4 Å². The molecule has 0 spiro atoms. The lowest BCUT2D eigenvalue weighted by atomic mass is 10.2. The Hall–Kier alpha value is -2.58. The molecule has 0 atom stereocenters. The predicted molar refractivity (Wildman–Crippen MR) is 90.9 cm³/mol. The predicted octanol–water partition coefficient (Wildman–Crippen LogP) is 2.80. The van der Waals surface area contributed by atoms with E-state index in [4.69, 9.17) is 11.6 Å². The standard InChI is InChI=1S/C15H12ClN3O4S/c16-11-3-7-13(8-4-11)24-9-14(20)17-18-15(21)10-1-5-12(6-2-10)19(22)23/h1-8H,9H2,(H,17,20)(H,18,21). The minimum Gasteiger partial charge on any atom is -0.272 e.